The zero-order valence-corrected chi connectivity index (χ0v) is 21.1. The van der Waals surface area contributed by atoms with E-state index in [2.05, 4.69) is 43.7 Å². The molecule has 1 aromatic heterocycles. The molecule has 2 heterocycles. The summed E-state index contributed by atoms with van der Waals surface area (Å²) >= 11 is 1.95. The molecule has 2 unspecified atom stereocenters. The second-order valence-corrected chi connectivity index (χ2v) is 8.58. The lowest BCUT2D eigenvalue weighted by molar-refractivity contribution is -0.131. The topological polar surface area (TPSA) is 85.8 Å². The van der Waals surface area contributed by atoms with Crippen molar-refractivity contribution in [2.75, 3.05) is 50.4 Å². The number of hydrogen-bond acceptors (Lipinski definition) is 6. The number of carbonyl (C=O) groups is 1. The number of anilines is 1. The van der Waals surface area contributed by atoms with Crippen LogP contribution in [0, 0.1) is 0 Å². The summed E-state index contributed by atoms with van der Waals surface area (Å²) < 4.78 is 0. The molecular formula is C20H34IN7OS. The predicted octanol–water partition coefficient (Wildman–Crippen LogP) is 1.97. The van der Waals surface area contributed by atoms with Crippen molar-refractivity contribution in [1.29, 1.82) is 0 Å². The minimum absolute atomic E-state index is 0. The molecule has 0 bridgehead atoms. The van der Waals surface area contributed by atoms with Crippen LogP contribution in [-0.2, 0) is 4.79 Å². The third-order valence-corrected chi connectivity index (χ3v) is 6.56. The number of piperazine rings is 1. The molecule has 2 atom stereocenters. The molecule has 1 aliphatic carbocycles. The first-order valence-electron chi connectivity index (χ1n) is 10.6. The zero-order valence-electron chi connectivity index (χ0n) is 17.9. The normalized spacial score (nSPS) is 21.9. The third kappa shape index (κ3) is 7.44. The van der Waals surface area contributed by atoms with Gasteiger partial charge in [-0.25, -0.2) is 9.97 Å². The van der Waals surface area contributed by atoms with E-state index in [0.29, 0.717) is 32.1 Å². The minimum atomic E-state index is 0. The highest BCUT2D eigenvalue weighted by atomic mass is 127. The number of aliphatic imine (C=N–C) groups is 1. The Labute approximate surface area is 201 Å². The van der Waals surface area contributed by atoms with Gasteiger partial charge in [-0.05, 0) is 38.5 Å². The Morgan fingerprint density at radius 2 is 1.97 bits per heavy atom. The summed E-state index contributed by atoms with van der Waals surface area (Å²) in [6.45, 7) is 6.34. The molecule has 30 heavy (non-hydrogen) atoms. The molecule has 0 aromatic carbocycles. The molecule has 8 nitrogen and oxygen atoms in total. The van der Waals surface area contributed by atoms with Gasteiger partial charge in [-0.1, -0.05) is 0 Å². The number of aromatic nitrogens is 2. The van der Waals surface area contributed by atoms with Crippen molar-refractivity contribution < 1.29 is 4.79 Å². The second-order valence-electron chi connectivity index (χ2n) is 7.44. The lowest BCUT2D eigenvalue weighted by Gasteiger charge is -2.34. The van der Waals surface area contributed by atoms with Crippen molar-refractivity contribution in [3.63, 3.8) is 0 Å². The fourth-order valence-corrected chi connectivity index (χ4v) is 4.63. The van der Waals surface area contributed by atoms with Crippen molar-refractivity contribution >= 4 is 53.6 Å². The van der Waals surface area contributed by atoms with Crippen LogP contribution in [0.15, 0.2) is 23.5 Å². The smallest absolute Gasteiger partial charge is 0.225 e. The summed E-state index contributed by atoms with van der Waals surface area (Å²) in [5, 5.41) is 7.59. The Morgan fingerprint density at radius 1 is 1.23 bits per heavy atom. The van der Waals surface area contributed by atoms with E-state index < -0.39 is 0 Å². The molecule has 2 fully saturated rings. The number of amides is 1. The van der Waals surface area contributed by atoms with Gasteiger partial charge in [0.1, 0.15) is 0 Å². The third-order valence-electron chi connectivity index (χ3n) is 5.47. The van der Waals surface area contributed by atoms with Gasteiger partial charge in [0.15, 0.2) is 5.96 Å². The van der Waals surface area contributed by atoms with Crippen molar-refractivity contribution in [2.45, 2.75) is 43.9 Å². The Balaban J connectivity index is 0.00000320. The van der Waals surface area contributed by atoms with Gasteiger partial charge in [-0.15, -0.1) is 24.0 Å². The first-order valence-corrected chi connectivity index (χ1v) is 11.9. The summed E-state index contributed by atoms with van der Waals surface area (Å²) in [5.41, 5.74) is 0. The Bertz CT molecular complexity index is 670. The Hall–Kier alpha value is -1.30. The maximum atomic E-state index is 12.6. The fourth-order valence-electron chi connectivity index (χ4n) is 3.83. The van der Waals surface area contributed by atoms with E-state index >= 15 is 0 Å². The average molecular weight is 548 g/mol. The van der Waals surface area contributed by atoms with Crippen molar-refractivity contribution in [2.24, 2.45) is 4.99 Å². The van der Waals surface area contributed by atoms with Gasteiger partial charge in [0.05, 0.1) is 6.54 Å². The van der Waals surface area contributed by atoms with Crippen LogP contribution in [-0.4, -0.2) is 83.6 Å². The second kappa shape index (κ2) is 13.2. The Kier molecular flexibility index (Phi) is 11.0. The highest BCUT2D eigenvalue weighted by molar-refractivity contribution is 14.0. The van der Waals surface area contributed by atoms with Gasteiger partial charge < -0.3 is 20.4 Å². The molecule has 1 saturated carbocycles. The first-order chi connectivity index (χ1) is 14.2. The largest absolute Gasteiger partial charge is 0.357 e. The van der Waals surface area contributed by atoms with Gasteiger partial charge in [-0.2, -0.15) is 11.8 Å². The summed E-state index contributed by atoms with van der Waals surface area (Å²) in [6, 6.07) is 2.29. The van der Waals surface area contributed by atoms with E-state index in [1.54, 1.807) is 12.4 Å². The van der Waals surface area contributed by atoms with Crippen molar-refractivity contribution in [3.8, 4) is 0 Å². The summed E-state index contributed by atoms with van der Waals surface area (Å²) in [4.78, 5) is 29.8. The SMILES string of the molecule is CCNC(=NCCC(=O)N1CCN(c2ncccn2)CC1)NC1CCC(SC)C1.I. The predicted molar refractivity (Wildman–Crippen MR) is 135 cm³/mol. The number of thioether (sulfide) groups is 1. The van der Waals surface area contributed by atoms with Crippen LogP contribution in [0.1, 0.15) is 32.6 Å². The molecule has 1 saturated heterocycles. The van der Waals surface area contributed by atoms with Gasteiger partial charge in [0.2, 0.25) is 11.9 Å². The van der Waals surface area contributed by atoms with Crippen LogP contribution in [0.25, 0.3) is 0 Å². The van der Waals surface area contributed by atoms with E-state index in [0.717, 1.165) is 36.8 Å². The summed E-state index contributed by atoms with van der Waals surface area (Å²) in [5.74, 6) is 1.74. The molecule has 168 valence electrons. The standard InChI is InChI=1S/C20H33N7OS.HI/c1-3-21-19(25-16-5-6-17(15-16)29-2)22-10-7-18(28)26-11-13-27(14-12-26)20-23-8-4-9-24-20;/h4,8-9,16-17H,3,5-7,10-15H2,1-2H3,(H2,21,22,25);1H. The van der Waals surface area contributed by atoms with Crippen LogP contribution in [0.4, 0.5) is 5.95 Å². The van der Waals surface area contributed by atoms with Gasteiger partial charge in [0, 0.05) is 62.8 Å². The summed E-state index contributed by atoms with van der Waals surface area (Å²) in [6.07, 6.45) is 9.75. The van der Waals surface area contributed by atoms with E-state index in [-0.39, 0.29) is 29.9 Å². The van der Waals surface area contributed by atoms with E-state index in [1.807, 2.05) is 22.7 Å². The van der Waals surface area contributed by atoms with Crippen LogP contribution in [0.3, 0.4) is 0 Å². The molecule has 1 aliphatic heterocycles. The van der Waals surface area contributed by atoms with E-state index in [9.17, 15) is 4.79 Å². The fraction of sp³-hybridized carbons (Fsp3) is 0.700. The van der Waals surface area contributed by atoms with Gasteiger partial charge in [-0.3, -0.25) is 9.79 Å². The number of nitrogens with zero attached hydrogens (tertiary/aromatic N) is 5. The Morgan fingerprint density at radius 3 is 2.60 bits per heavy atom. The number of nitrogens with one attached hydrogen (secondary N) is 2. The van der Waals surface area contributed by atoms with Crippen LogP contribution in [0.5, 0.6) is 0 Å². The number of halogens is 1. The quantitative estimate of drug-likeness (QED) is 0.307. The molecule has 2 aliphatic rings. The van der Waals surface area contributed by atoms with Crippen molar-refractivity contribution in [3.05, 3.63) is 18.5 Å². The first kappa shape index (κ1) is 25.0. The van der Waals surface area contributed by atoms with E-state index in [1.165, 1.54) is 19.3 Å². The monoisotopic (exact) mass is 547 g/mol. The molecule has 2 N–H and O–H groups in total. The number of rotatable bonds is 7. The highest BCUT2D eigenvalue weighted by Crippen LogP contribution is 2.28. The lowest BCUT2D eigenvalue weighted by Crippen LogP contribution is -2.49. The maximum absolute atomic E-state index is 12.6. The zero-order chi connectivity index (χ0) is 20.5. The van der Waals surface area contributed by atoms with Crippen LogP contribution >= 0.6 is 35.7 Å². The number of carbonyl (C=O) groups excluding carboxylic acids is 1. The molecule has 0 spiro atoms. The summed E-state index contributed by atoms with van der Waals surface area (Å²) in [7, 11) is 0. The molecule has 3 rings (SSSR count). The average Bonchev–Trinajstić information content (AvgIpc) is 3.22. The molecule has 0 radical (unpaired) electrons. The van der Waals surface area contributed by atoms with Crippen molar-refractivity contribution in [1.82, 2.24) is 25.5 Å². The van der Waals surface area contributed by atoms with Crippen LogP contribution < -0.4 is 15.5 Å². The number of guanidine groups is 1. The lowest BCUT2D eigenvalue weighted by atomic mass is 10.2. The van der Waals surface area contributed by atoms with Gasteiger partial charge in [0.25, 0.3) is 0 Å². The number of hydrogen-bond donors (Lipinski definition) is 2. The van der Waals surface area contributed by atoms with Crippen LogP contribution in [0.2, 0.25) is 0 Å². The minimum Gasteiger partial charge on any atom is -0.357 e. The highest BCUT2D eigenvalue weighted by Gasteiger charge is 2.25. The molecular weight excluding hydrogens is 513 g/mol. The van der Waals surface area contributed by atoms with E-state index in [4.69, 9.17) is 0 Å². The van der Waals surface area contributed by atoms with Gasteiger partial charge >= 0.3 is 0 Å². The molecule has 1 amide bonds. The molecule has 1 aromatic rings. The molecule has 10 heteroatoms. The maximum Gasteiger partial charge on any atom is 0.225 e.